The second kappa shape index (κ2) is 9.17. The minimum absolute atomic E-state index is 0.0254. The topological polar surface area (TPSA) is 78.0 Å². The molecule has 1 atom stereocenters. The van der Waals surface area contributed by atoms with Crippen LogP contribution >= 0.6 is 23.2 Å². The number of nitrogens with zero attached hydrogens (tertiary/aromatic N) is 3. The predicted molar refractivity (Wildman–Crippen MR) is 147 cm³/mol. The van der Waals surface area contributed by atoms with E-state index in [-0.39, 0.29) is 27.3 Å². The number of anilines is 1. The van der Waals surface area contributed by atoms with Crippen LogP contribution in [0.25, 0.3) is 11.1 Å². The number of piperidine rings is 1. The van der Waals surface area contributed by atoms with Crippen molar-refractivity contribution in [1.29, 1.82) is 0 Å². The molecule has 4 rings (SSSR count). The zero-order valence-corrected chi connectivity index (χ0v) is 21.5. The molecule has 0 radical (unpaired) electrons. The normalized spacial score (nSPS) is 18.5. The fraction of sp³-hybridized carbons (Fsp3) is 0.333. The van der Waals surface area contributed by atoms with E-state index in [1.807, 2.05) is 12.4 Å². The number of aromatic nitrogens is 3. The standard InChI is InChI=1S/C21H26B4Cl2FN5O/c1-10(16-13(26)2-3-14(28)17(16)27)34-15-4-11(5-31-18(15)29)12-6-32-33(7-12)19-20(22,23)8-30-9-21(19,24)25/h2-7,10,19,30H,8-9,22-25H2,1H3,(H2,29,31)/t10-/m1/s1. The van der Waals surface area contributed by atoms with Crippen molar-refractivity contribution in [2.75, 3.05) is 18.8 Å². The molecule has 34 heavy (non-hydrogen) atoms. The third-order valence-corrected chi connectivity index (χ3v) is 7.23. The SMILES string of the molecule is BC1(B)CNCC(B)(B)C1n1cc(-c2cnc(N)c(O[C@H](C)c3c(Cl)ccc(F)c3Cl)c2)cn1. The van der Waals surface area contributed by atoms with Gasteiger partial charge < -0.3 is 15.8 Å². The number of pyridine rings is 1. The summed E-state index contributed by atoms with van der Waals surface area (Å²) in [5.41, 5.74) is 8.16. The summed E-state index contributed by atoms with van der Waals surface area (Å²) >= 11 is 12.4. The molecular weight excluding hydrogens is 471 g/mol. The maximum atomic E-state index is 14.0. The van der Waals surface area contributed by atoms with Gasteiger partial charge in [0, 0.05) is 40.1 Å². The molecule has 3 heterocycles. The Bertz CT molecular complexity index is 1210. The van der Waals surface area contributed by atoms with Crippen molar-refractivity contribution in [3.8, 4) is 16.9 Å². The third-order valence-electron chi connectivity index (χ3n) is 6.51. The zero-order valence-electron chi connectivity index (χ0n) is 20.0. The van der Waals surface area contributed by atoms with Crippen LogP contribution in [0.15, 0.2) is 36.8 Å². The second-order valence-corrected chi connectivity index (χ2v) is 11.1. The molecule has 13 heteroatoms. The largest absolute Gasteiger partial charge is 0.482 e. The summed E-state index contributed by atoms with van der Waals surface area (Å²) in [7, 11) is 9.03. The van der Waals surface area contributed by atoms with Gasteiger partial charge in [0.25, 0.3) is 0 Å². The Morgan fingerprint density at radius 1 is 1.18 bits per heavy atom. The minimum atomic E-state index is -0.644. The Balaban J connectivity index is 1.64. The number of ether oxygens (including phenoxy) is 1. The van der Waals surface area contributed by atoms with Gasteiger partial charge in [0.15, 0.2) is 11.6 Å². The highest BCUT2D eigenvalue weighted by molar-refractivity contribution is 6.45. The van der Waals surface area contributed by atoms with Crippen LogP contribution in [0.1, 0.15) is 24.6 Å². The van der Waals surface area contributed by atoms with Gasteiger partial charge in [-0.25, -0.2) is 9.37 Å². The Morgan fingerprint density at radius 2 is 1.85 bits per heavy atom. The van der Waals surface area contributed by atoms with Crippen LogP contribution < -0.4 is 15.8 Å². The molecule has 0 aliphatic carbocycles. The van der Waals surface area contributed by atoms with E-state index in [0.717, 1.165) is 24.2 Å². The van der Waals surface area contributed by atoms with Crippen molar-refractivity contribution in [2.24, 2.45) is 0 Å². The highest BCUT2D eigenvalue weighted by atomic mass is 35.5. The number of rotatable bonds is 5. The van der Waals surface area contributed by atoms with Gasteiger partial charge in [-0.1, -0.05) is 33.6 Å². The Morgan fingerprint density at radius 3 is 2.53 bits per heavy atom. The molecule has 1 aromatic carbocycles. The summed E-state index contributed by atoms with van der Waals surface area (Å²) in [6.45, 7) is 3.57. The summed E-state index contributed by atoms with van der Waals surface area (Å²) in [4.78, 5) is 4.31. The van der Waals surface area contributed by atoms with Crippen LogP contribution in [0.4, 0.5) is 10.2 Å². The second-order valence-electron chi connectivity index (χ2n) is 10.3. The molecule has 0 amide bonds. The van der Waals surface area contributed by atoms with E-state index in [0.29, 0.717) is 16.3 Å². The van der Waals surface area contributed by atoms with Crippen molar-refractivity contribution in [1.82, 2.24) is 20.1 Å². The van der Waals surface area contributed by atoms with Crippen molar-refractivity contribution >= 4 is 60.4 Å². The molecule has 6 nitrogen and oxygen atoms in total. The summed E-state index contributed by atoms with van der Waals surface area (Å²) in [6, 6.07) is 4.69. The Hall–Kier alpha value is -2.09. The predicted octanol–water partition coefficient (Wildman–Crippen LogP) is 1.02. The number of nitrogen functional groups attached to an aromatic ring is 1. The molecule has 1 aliphatic heterocycles. The van der Waals surface area contributed by atoms with Gasteiger partial charge >= 0.3 is 0 Å². The number of hydrogen-bond donors (Lipinski definition) is 2. The highest BCUT2D eigenvalue weighted by Crippen LogP contribution is 2.48. The number of nitrogens with two attached hydrogens (primary N) is 1. The van der Waals surface area contributed by atoms with Crippen LogP contribution in [-0.2, 0) is 0 Å². The smallest absolute Gasteiger partial charge is 0.166 e. The molecule has 0 bridgehead atoms. The van der Waals surface area contributed by atoms with Crippen LogP contribution in [0.5, 0.6) is 5.75 Å². The molecular formula is C21H26B4Cl2FN5O. The first-order chi connectivity index (χ1) is 15.9. The molecule has 0 spiro atoms. The van der Waals surface area contributed by atoms with Gasteiger partial charge in [-0.05, 0) is 38.2 Å². The first-order valence-electron chi connectivity index (χ1n) is 11.2. The molecule has 1 saturated heterocycles. The number of benzene rings is 1. The zero-order chi connectivity index (χ0) is 24.8. The number of halogens is 3. The summed E-state index contributed by atoms with van der Waals surface area (Å²) in [5.74, 6) is 0.0106. The van der Waals surface area contributed by atoms with Gasteiger partial charge in [0.2, 0.25) is 0 Å². The fourth-order valence-corrected chi connectivity index (χ4v) is 5.85. The lowest BCUT2D eigenvalue weighted by Crippen LogP contribution is -2.52. The van der Waals surface area contributed by atoms with Crippen molar-refractivity contribution in [3.05, 3.63) is 58.2 Å². The summed E-state index contributed by atoms with van der Waals surface area (Å²) in [6.07, 6.45) is 4.92. The lowest BCUT2D eigenvalue weighted by Gasteiger charge is -2.50. The Labute approximate surface area is 212 Å². The highest BCUT2D eigenvalue weighted by Gasteiger charge is 2.45. The summed E-state index contributed by atoms with van der Waals surface area (Å²) < 4.78 is 22.1. The fourth-order valence-electron chi connectivity index (χ4n) is 5.17. The average Bonchev–Trinajstić information content (AvgIpc) is 3.20. The maximum Gasteiger partial charge on any atom is 0.166 e. The number of nitrogens with one attached hydrogen (secondary N) is 1. The van der Waals surface area contributed by atoms with E-state index in [1.165, 1.54) is 12.1 Å². The van der Waals surface area contributed by atoms with E-state index in [1.54, 1.807) is 19.2 Å². The van der Waals surface area contributed by atoms with Crippen LogP contribution in [0.3, 0.4) is 0 Å². The van der Waals surface area contributed by atoms with Gasteiger partial charge in [0.05, 0.1) is 11.2 Å². The number of hydrogen-bond acceptors (Lipinski definition) is 5. The first-order valence-corrected chi connectivity index (χ1v) is 12.0. The van der Waals surface area contributed by atoms with E-state index < -0.39 is 11.9 Å². The molecule has 1 aliphatic rings. The quantitative estimate of drug-likeness (QED) is 0.407. The minimum Gasteiger partial charge on any atom is -0.482 e. The molecule has 3 aromatic rings. The molecule has 1 fully saturated rings. The van der Waals surface area contributed by atoms with E-state index >= 15 is 0 Å². The third kappa shape index (κ3) is 4.70. The first kappa shape index (κ1) is 25.0. The van der Waals surface area contributed by atoms with E-state index in [2.05, 4.69) is 46.4 Å². The molecule has 3 N–H and O–H groups in total. The van der Waals surface area contributed by atoms with Gasteiger partial charge in [0.1, 0.15) is 43.3 Å². The van der Waals surface area contributed by atoms with Crippen molar-refractivity contribution < 1.29 is 9.13 Å². The van der Waals surface area contributed by atoms with Crippen molar-refractivity contribution in [2.45, 2.75) is 29.5 Å². The lowest BCUT2D eigenvalue weighted by atomic mass is 9.36. The molecule has 2 aromatic heterocycles. The molecule has 174 valence electrons. The average molecular weight is 498 g/mol. The van der Waals surface area contributed by atoms with Crippen LogP contribution in [0, 0.1) is 5.82 Å². The van der Waals surface area contributed by atoms with E-state index in [4.69, 9.17) is 38.8 Å². The maximum absolute atomic E-state index is 14.0. The lowest BCUT2D eigenvalue weighted by molar-refractivity contribution is 0.227. The van der Waals surface area contributed by atoms with Gasteiger partial charge in [-0.2, -0.15) is 5.10 Å². The monoisotopic (exact) mass is 497 g/mol. The van der Waals surface area contributed by atoms with Crippen molar-refractivity contribution in [3.63, 3.8) is 0 Å². The molecule has 0 saturated carbocycles. The Kier molecular flexibility index (Phi) is 6.75. The van der Waals surface area contributed by atoms with Gasteiger partial charge in [-0.3, -0.25) is 4.68 Å². The summed E-state index contributed by atoms with van der Waals surface area (Å²) in [5, 5.41) is 8.54. The van der Waals surface area contributed by atoms with Gasteiger partial charge in [-0.15, -0.1) is 0 Å². The van der Waals surface area contributed by atoms with E-state index in [9.17, 15) is 4.39 Å². The van der Waals surface area contributed by atoms with Crippen LogP contribution in [-0.4, -0.2) is 59.2 Å². The van der Waals surface area contributed by atoms with Crippen LogP contribution in [0.2, 0.25) is 20.5 Å². The molecule has 0 unspecified atom stereocenters.